The second-order valence-electron chi connectivity index (χ2n) is 3.21. The predicted octanol–water partition coefficient (Wildman–Crippen LogP) is 0.612. The molecule has 0 aliphatic carbocycles. The van der Waals surface area contributed by atoms with Crippen molar-refractivity contribution < 1.29 is 9.63 Å². The van der Waals surface area contributed by atoms with Crippen molar-refractivity contribution in [3.05, 3.63) is 24.4 Å². The number of rotatable bonds is 7. The molecule has 5 heteroatoms. The lowest BCUT2D eigenvalue weighted by Crippen LogP contribution is -2.26. The van der Waals surface area contributed by atoms with Crippen LogP contribution in [-0.2, 0) is 13.0 Å². The molecule has 1 rings (SSSR count). The third kappa shape index (κ3) is 3.81. The Morgan fingerprint density at radius 1 is 1.60 bits per heavy atom. The number of aliphatic hydroxyl groups excluding tert-OH is 1. The van der Waals surface area contributed by atoms with E-state index in [4.69, 9.17) is 9.63 Å². The molecule has 0 radical (unpaired) electrons. The zero-order valence-electron chi connectivity index (χ0n) is 9.02. The summed E-state index contributed by atoms with van der Waals surface area (Å²) in [6, 6.07) is 0. The lowest BCUT2D eigenvalue weighted by atomic mass is 10.4. The van der Waals surface area contributed by atoms with Gasteiger partial charge in [-0.3, -0.25) is 4.90 Å². The van der Waals surface area contributed by atoms with E-state index in [2.05, 4.69) is 16.7 Å². The van der Waals surface area contributed by atoms with Crippen molar-refractivity contribution in [3.8, 4) is 0 Å². The lowest BCUT2D eigenvalue weighted by Gasteiger charge is -2.16. The predicted molar refractivity (Wildman–Crippen MR) is 56.2 cm³/mol. The van der Waals surface area contributed by atoms with Crippen LogP contribution in [0.15, 0.2) is 17.2 Å². The fraction of sp³-hybridized carbons (Fsp3) is 0.600. The van der Waals surface area contributed by atoms with E-state index >= 15 is 0 Å². The summed E-state index contributed by atoms with van der Waals surface area (Å²) in [5, 5.41) is 12.7. The number of aliphatic hydroxyl groups is 1. The molecule has 0 bridgehead atoms. The van der Waals surface area contributed by atoms with Crippen molar-refractivity contribution in [2.24, 2.45) is 0 Å². The Hall–Kier alpha value is -1.20. The van der Waals surface area contributed by atoms with E-state index in [1.807, 2.05) is 11.8 Å². The van der Waals surface area contributed by atoms with Gasteiger partial charge in [0.2, 0.25) is 5.89 Å². The molecule has 0 aliphatic rings. The average Bonchev–Trinajstić information content (AvgIpc) is 2.66. The van der Waals surface area contributed by atoms with Crippen LogP contribution in [0.5, 0.6) is 0 Å². The zero-order valence-corrected chi connectivity index (χ0v) is 9.02. The highest BCUT2D eigenvalue weighted by atomic mass is 16.5. The van der Waals surface area contributed by atoms with Crippen LogP contribution in [0.25, 0.3) is 0 Å². The van der Waals surface area contributed by atoms with Gasteiger partial charge >= 0.3 is 0 Å². The molecule has 15 heavy (non-hydrogen) atoms. The lowest BCUT2D eigenvalue weighted by molar-refractivity contribution is 0.186. The Kier molecular flexibility index (Phi) is 5.00. The quantitative estimate of drug-likeness (QED) is 0.670. The van der Waals surface area contributed by atoms with E-state index in [-0.39, 0.29) is 6.61 Å². The minimum absolute atomic E-state index is 0.114. The molecule has 0 saturated carbocycles. The van der Waals surface area contributed by atoms with Gasteiger partial charge in [0.25, 0.3) is 0 Å². The molecular weight excluding hydrogens is 194 g/mol. The Morgan fingerprint density at radius 3 is 2.93 bits per heavy atom. The van der Waals surface area contributed by atoms with Crippen molar-refractivity contribution >= 4 is 0 Å². The van der Waals surface area contributed by atoms with Gasteiger partial charge in [0.15, 0.2) is 5.82 Å². The van der Waals surface area contributed by atoms with Crippen LogP contribution in [0, 0.1) is 0 Å². The first-order chi connectivity index (χ1) is 7.30. The molecule has 1 aromatic heterocycles. The molecule has 1 aromatic rings. The summed E-state index contributed by atoms with van der Waals surface area (Å²) < 4.78 is 5.06. The summed E-state index contributed by atoms with van der Waals surface area (Å²) in [5.74, 6) is 1.30. The molecule has 0 aliphatic heterocycles. The topological polar surface area (TPSA) is 62.4 Å². The first kappa shape index (κ1) is 11.9. The molecule has 0 saturated heterocycles. The van der Waals surface area contributed by atoms with Crippen LogP contribution in [-0.4, -0.2) is 39.8 Å². The number of nitrogens with zero attached hydrogens (tertiary/aromatic N) is 3. The molecule has 0 spiro atoms. The second kappa shape index (κ2) is 6.31. The van der Waals surface area contributed by atoms with Gasteiger partial charge in [-0.1, -0.05) is 18.2 Å². The summed E-state index contributed by atoms with van der Waals surface area (Å²) >= 11 is 0. The normalized spacial score (nSPS) is 10.9. The number of hydrogen-bond acceptors (Lipinski definition) is 5. The first-order valence-electron chi connectivity index (χ1n) is 5.05. The maximum Gasteiger partial charge on any atom is 0.240 e. The number of hydrogen-bond donors (Lipinski definition) is 1. The molecule has 5 nitrogen and oxygen atoms in total. The van der Waals surface area contributed by atoms with Crippen molar-refractivity contribution in [1.82, 2.24) is 15.0 Å². The van der Waals surface area contributed by atoms with Gasteiger partial charge in [0, 0.05) is 19.5 Å². The molecule has 0 amide bonds. The van der Waals surface area contributed by atoms with Gasteiger partial charge in [-0.25, -0.2) is 0 Å². The SMILES string of the molecule is C=CCN(CCO)Cc1nc(CC)no1. The fourth-order valence-corrected chi connectivity index (χ4v) is 1.25. The van der Waals surface area contributed by atoms with Gasteiger partial charge in [0.1, 0.15) is 0 Å². The van der Waals surface area contributed by atoms with E-state index < -0.39 is 0 Å². The van der Waals surface area contributed by atoms with E-state index in [0.717, 1.165) is 6.42 Å². The van der Waals surface area contributed by atoms with E-state index in [1.165, 1.54) is 0 Å². The molecule has 1 N–H and O–H groups in total. The Balaban J connectivity index is 2.52. The maximum absolute atomic E-state index is 8.85. The summed E-state index contributed by atoms with van der Waals surface area (Å²) in [7, 11) is 0. The number of aromatic nitrogens is 2. The van der Waals surface area contributed by atoms with Crippen molar-refractivity contribution in [2.45, 2.75) is 19.9 Å². The highest BCUT2D eigenvalue weighted by Gasteiger charge is 2.09. The first-order valence-corrected chi connectivity index (χ1v) is 5.05. The van der Waals surface area contributed by atoms with Crippen LogP contribution < -0.4 is 0 Å². The molecule has 1 heterocycles. The molecule has 0 fully saturated rings. The molecule has 0 aromatic carbocycles. The Morgan fingerprint density at radius 2 is 2.40 bits per heavy atom. The largest absolute Gasteiger partial charge is 0.395 e. The van der Waals surface area contributed by atoms with E-state index in [1.54, 1.807) is 6.08 Å². The number of aryl methyl sites for hydroxylation is 1. The van der Waals surface area contributed by atoms with Crippen LogP contribution >= 0.6 is 0 Å². The standard InChI is InChI=1S/C10H17N3O2/c1-3-5-13(6-7-14)8-10-11-9(4-2)12-15-10/h3,14H,1,4-8H2,2H3. The summed E-state index contributed by atoms with van der Waals surface area (Å²) in [6.45, 7) is 7.58. The highest BCUT2D eigenvalue weighted by molar-refractivity contribution is 4.86. The van der Waals surface area contributed by atoms with E-state index in [9.17, 15) is 0 Å². The minimum Gasteiger partial charge on any atom is -0.395 e. The van der Waals surface area contributed by atoms with Gasteiger partial charge < -0.3 is 9.63 Å². The molecular formula is C10H17N3O2. The van der Waals surface area contributed by atoms with E-state index in [0.29, 0.717) is 31.3 Å². The summed E-state index contributed by atoms with van der Waals surface area (Å²) in [6.07, 6.45) is 2.55. The minimum atomic E-state index is 0.114. The summed E-state index contributed by atoms with van der Waals surface area (Å²) in [4.78, 5) is 6.18. The Labute approximate surface area is 89.4 Å². The van der Waals surface area contributed by atoms with Crippen molar-refractivity contribution in [3.63, 3.8) is 0 Å². The van der Waals surface area contributed by atoms with Crippen LogP contribution in [0.2, 0.25) is 0 Å². The summed E-state index contributed by atoms with van der Waals surface area (Å²) in [5.41, 5.74) is 0. The second-order valence-corrected chi connectivity index (χ2v) is 3.21. The van der Waals surface area contributed by atoms with Crippen molar-refractivity contribution in [2.75, 3.05) is 19.7 Å². The third-order valence-electron chi connectivity index (χ3n) is 1.99. The molecule has 84 valence electrons. The van der Waals surface area contributed by atoms with Crippen LogP contribution in [0.4, 0.5) is 0 Å². The monoisotopic (exact) mass is 211 g/mol. The fourth-order valence-electron chi connectivity index (χ4n) is 1.25. The van der Waals surface area contributed by atoms with Gasteiger partial charge in [-0.15, -0.1) is 6.58 Å². The van der Waals surface area contributed by atoms with Gasteiger partial charge in [-0.05, 0) is 0 Å². The third-order valence-corrected chi connectivity index (χ3v) is 1.99. The van der Waals surface area contributed by atoms with Crippen molar-refractivity contribution in [1.29, 1.82) is 0 Å². The Bertz CT molecular complexity index is 299. The van der Waals surface area contributed by atoms with Gasteiger partial charge in [0.05, 0.1) is 13.2 Å². The average molecular weight is 211 g/mol. The highest BCUT2D eigenvalue weighted by Crippen LogP contribution is 2.02. The zero-order chi connectivity index (χ0) is 11.1. The molecule has 0 unspecified atom stereocenters. The molecule has 0 atom stereocenters. The maximum atomic E-state index is 8.85. The smallest absolute Gasteiger partial charge is 0.240 e. The van der Waals surface area contributed by atoms with Gasteiger partial charge in [-0.2, -0.15) is 4.98 Å². The van der Waals surface area contributed by atoms with Crippen LogP contribution in [0.3, 0.4) is 0 Å². The van der Waals surface area contributed by atoms with Crippen LogP contribution in [0.1, 0.15) is 18.6 Å².